The van der Waals surface area contributed by atoms with Gasteiger partial charge in [0.25, 0.3) is 0 Å². The molecule has 0 spiro atoms. The van der Waals surface area contributed by atoms with Gasteiger partial charge in [-0.25, -0.2) is 18.9 Å². The number of carbonyl (C=O) groups excluding carboxylic acids is 2. The molecule has 0 aromatic carbocycles. The molecule has 0 radical (unpaired) electrons. The lowest BCUT2D eigenvalue weighted by molar-refractivity contribution is 0.565. The molecule has 0 aromatic rings. The zero-order valence-corrected chi connectivity index (χ0v) is 6.78. The van der Waals surface area contributed by atoms with E-state index in [2.05, 4.69) is 22.5 Å². The third-order valence-electron chi connectivity index (χ3n) is 1.05. The van der Waals surface area contributed by atoms with E-state index in [4.69, 9.17) is 0 Å². The predicted octanol–water partition coefficient (Wildman–Crippen LogP) is 0.551. The molecule has 0 saturated carbocycles. The summed E-state index contributed by atoms with van der Waals surface area (Å²) in [5.41, 5.74) is 2.66. The van der Waals surface area contributed by atoms with E-state index in [0.717, 1.165) is 0 Å². The second-order valence-electron chi connectivity index (χ2n) is 1.60. The lowest BCUT2D eigenvalue weighted by atomic mass is 11.2. The van der Waals surface area contributed by atoms with E-state index in [1.807, 2.05) is 0 Å². The highest BCUT2D eigenvalue weighted by molar-refractivity contribution is 6.86. The third-order valence-corrected chi connectivity index (χ3v) is 3.15. The molecule has 0 bridgehead atoms. The minimum absolute atomic E-state index is 1.32. The van der Waals surface area contributed by atoms with Crippen molar-refractivity contribution < 1.29 is 9.59 Å². The van der Waals surface area contributed by atoms with Gasteiger partial charge in [-0.3, -0.25) is 0 Å². The Morgan fingerprint density at radius 1 is 1.09 bits per heavy atom. The zero-order chi connectivity index (χ0) is 8.74. The quantitative estimate of drug-likeness (QED) is 0.348. The van der Waals surface area contributed by atoms with Crippen LogP contribution in [0, 0.1) is 0 Å². The minimum atomic E-state index is -2.81. The normalized spacial score (nSPS) is 8.73. The molecule has 0 aliphatic carbocycles. The Kier molecular flexibility index (Phi) is 3.70. The first kappa shape index (κ1) is 9.46. The van der Waals surface area contributed by atoms with Crippen LogP contribution in [0.1, 0.15) is 0 Å². The van der Waals surface area contributed by atoms with Crippen LogP contribution in [0.5, 0.6) is 0 Å². The molecule has 56 valence electrons. The van der Waals surface area contributed by atoms with Crippen molar-refractivity contribution in [3.63, 3.8) is 0 Å². The first-order valence-electron chi connectivity index (χ1n) is 2.70. The van der Waals surface area contributed by atoms with Gasteiger partial charge in [-0.2, -0.15) is 0 Å². The monoisotopic (exact) mass is 166 g/mol. The van der Waals surface area contributed by atoms with E-state index in [1.54, 1.807) is 0 Å². The average molecular weight is 166 g/mol. The van der Waals surface area contributed by atoms with Crippen molar-refractivity contribution in [2.45, 2.75) is 0 Å². The molecular weight excluding hydrogens is 160 g/mol. The van der Waals surface area contributed by atoms with Gasteiger partial charge in [0.15, 0.2) is 0 Å². The smallest absolute Gasteiger partial charge is 0.212 e. The Morgan fingerprint density at radius 3 is 1.64 bits per heavy atom. The van der Waals surface area contributed by atoms with Gasteiger partial charge in [0, 0.05) is 0 Å². The topological polar surface area (TPSA) is 58.9 Å². The molecule has 5 heteroatoms. The van der Waals surface area contributed by atoms with Crippen molar-refractivity contribution in [1.29, 1.82) is 0 Å². The van der Waals surface area contributed by atoms with Gasteiger partial charge in [0.05, 0.1) is 0 Å². The van der Waals surface area contributed by atoms with Crippen LogP contribution in [0.4, 0.5) is 0 Å². The Balaban J connectivity index is 5.04. The second-order valence-corrected chi connectivity index (χ2v) is 4.43. The Morgan fingerprint density at radius 2 is 1.45 bits per heavy atom. The number of hydrogen-bond donors (Lipinski definition) is 0. The lowest BCUT2D eigenvalue weighted by Gasteiger charge is -2.04. The highest BCUT2D eigenvalue weighted by atomic mass is 28.3. The molecule has 0 amide bonds. The fourth-order valence-electron chi connectivity index (χ4n) is 0.437. The summed E-state index contributed by atoms with van der Waals surface area (Å²) in [4.78, 5) is 19.7. The summed E-state index contributed by atoms with van der Waals surface area (Å²) in [5, 5.41) is 0. The SMILES string of the molecule is C=C[Si](C=C)(N=C=O)N=C=O. The molecule has 0 aliphatic heterocycles. The van der Waals surface area contributed by atoms with Crippen LogP contribution < -0.4 is 0 Å². The van der Waals surface area contributed by atoms with Gasteiger partial charge in [0.1, 0.15) is 0 Å². The average Bonchev–Trinajstić information content (AvgIpc) is 2.04. The van der Waals surface area contributed by atoms with Crippen molar-refractivity contribution in [1.82, 2.24) is 0 Å². The minimum Gasteiger partial charge on any atom is -0.212 e. The van der Waals surface area contributed by atoms with Crippen LogP contribution >= 0.6 is 0 Å². The van der Waals surface area contributed by atoms with Gasteiger partial charge in [-0.15, -0.1) is 13.2 Å². The van der Waals surface area contributed by atoms with Crippen LogP contribution in [0.3, 0.4) is 0 Å². The van der Waals surface area contributed by atoms with E-state index < -0.39 is 8.40 Å². The van der Waals surface area contributed by atoms with Crippen LogP contribution in [-0.4, -0.2) is 20.6 Å². The van der Waals surface area contributed by atoms with Crippen LogP contribution in [0.25, 0.3) is 0 Å². The van der Waals surface area contributed by atoms with Gasteiger partial charge in [-0.1, -0.05) is 11.4 Å². The standard InChI is InChI=1S/C6H6N2O2Si/c1-3-11(4-2,7-5-9)8-6-10/h3-4H,1-2H2. The molecule has 11 heavy (non-hydrogen) atoms. The summed E-state index contributed by atoms with van der Waals surface area (Å²) in [6.45, 7) is 6.77. The van der Waals surface area contributed by atoms with Crippen LogP contribution in [-0.2, 0) is 9.59 Å². The maximum Gasteiger partial charge on any atom is 0.378 e. The Hall–Kier alpha value is -1.54. The van der Waals surface area contributed by atoms with E-state index >= 15 is 0 Å². The second kappa shape index (κ2) is 4.30. The van der Waals surface area contributed by atoms with Gasteiger partial charge in [-0.05, 0) is 0 Å². The summed E-state index contributed by atoms with van der Waals surface area (Å²) in [6.07, 6.45) is 2.63. The fourth-order valence-corrected chi connectivity index (χ4v) is 1.31. The fraction of sp³-hybridized carbons (Fsp3) is 0. The molecule has 0 atom stereocenters. The van der Waals surface area contributed by atoms with E-state index in [1.165, 1.54) is 23.6 Å². The highest BCUT2D eigenvalue weighted by Crippen LogP contribution is 2.06. The van der Waals surface area contributed by atoms with E-state index in [0.29, 0.717) is 0 Å². The van der Waals surface area contributed by atoms with Crippen molar-refractivity contribution >= 4 is 20.6 Å². The molecule has 0 fully saturated rings. The molecule has 0 aliphatic rings. The van der Waals surface area contributed by atoms with Crippen molar-refractivity contribution in [3.8, 4) is 0 Å². The molecule has 4 nitrogen and oxygen atoms in total. The molecule has 0 unspecified atom stereocenters. The third kappa shape index (κ3) is 2.27. The summed E-state index contributed by atoms with van der Waals surface area (Å²) >= 11 is 0. The first-order chi connectivity index (χ1) is 5.24. The Labute approximate surface area is 64.8 Å². The van der Waals surface area contributed by atoms with Gasteiger partial charge < -0.3 is 0 Å². The molecule has 0 heterocycles. The highest BCUT2D eigenvalue weighted by Gasteiger charge is 2.25. The van der Waals surface area contributed by atoms with Gasteiger partial charge in [0.2, 0.25) is 12.2 Å². The Bertz CT molecular complexity index is 234. The molecular formula is C6H6N2O2Si. The predicted molar refractivity (Wildman–Crippen MR) is 42.4 cm³/mol. The number of nitrogens with zero attached hydrogens (tertiary/aromatic N) is 2. The van der Waals surface area contributed by atoms with Gasteiger partial charge >= 0.3 is 8.40 Å². The lowest BCUT2D eigenvalue weighted by Crippen LogP contribution is -2.24. The molecule has 0 saturated heterocycles. The van der Waals surface area contributed by atoms with E-state index in [9.17, 15) is 9.59 Å². The van der Waals surface area contributed by atoms with Crippen molar-refractivity contribution in [2.24, 2.45) is 9.32 Å². The molecule has 0 aromatic heterocycles. The number of hydrogen-bond acceptors (Lipinski definition) is 4. The van der Waals surface area contributed by atoms with Crippen LogP contribution in [0.2, 0.25) is 0 Å². The maximum absolute atomic E-state index is 9.87. The zero-order valence-electron chi connectivity index (χ0n) is 5.78. The van der Waals surface area contributed by atoms with Crippen LogP contribution in [0.15, 0.2) is 33.9 Å². The molecule has 0 N–H and O–H groups in total. The van der Waals surface area contributed by atoms with Crippen molar-refractivity contribution in [3.05, 3.63) is 24.6 Å². The summed E-state index contributed by atoms with van der Waals surface area (Å²) in [5.74, 6) is 0. The summed E-state index contributed by atoms with van der Waals surface area (Å²) in [6, 6.07) is 0. The van der Waals surface area contributed by atoms with E-state index in [-0.39, 0.29) is 0 Å². The summed E-state index contributed by atoms with van der Waals surface area (Å²) in [7, 11) is -2.81. The first-order valence-corrected chi connectivity index (χ1v) is 4.75. The molecule has 0 rings (SSSR count). The summed E-state index contributed by atoms with van der Waals surface area (Å²) < 4.78 is 6.70. The van der Waals surface area contributed by atoms with Crippen molar-refractivity contribution in [2.75, 3.05) is 0 Å². The number of isocyanates is 2. The maximum atomic E-state index is 9.87. The number of rotatable bonds is 4. The largest absolute Gasteiger partial charge is 0.378 e.